The van der Waals surface area contributed by atoms with Gasteiger partial charge >= 0.3 is 0 Å². The Morgan fingerprint density at radius 1 is 1.36 bits per heavy atom. The summed E-state index contributed by atoms with van der Waals surface area (Å²) >= 11 is 1.46. The Hall–Kier alpha value is -2.25. The highest BCUT2D eigenvalue weighted by Gasteiger charge is 2.29. The Bertz CT molecular complexity index is 862. The first-order valence-electron chi connectivity index (χ1n) is 9.74. The number of benzene rings is 1. The van der Waals surface area contributed by atoms with E-state index in [1.807, 2.05) is 31.2 Å². The first-order chi connectivity index (χ1) is 13.3. The molecule has 1 saturated heterocycles. The van der Waals surface area contributed by atoms with Crippen molar-refractivity contribution in [2.45, 2.75) is 52.6 Å². The molecular formula is C21H28N4O2S. The van der Waals surface area contributed by atoms with E-state index in [9.17, 15) is 9.59 Å². The second-order valence-corrected chi connectivity index (χ2v) is 8.85. The van der Waals surface area contributed by atoms with Gasteiger partial charge in [-0.25, -0.2) is 4.98 Å². The monoisotopic (exact) mass is 400 g/mol. The quantitative estimate of drug-likeness (QED) is 0.746. The maximum atomic E-state index is 12.9. The van der Waals surface area contributed by atoms with Crippen molar-refractivity contribution >= 4 is 28.8 Å². The zero-order valence-electron chi connectivity index (χ0n) is 16.7. The summed E-state index contributed by atoms with van der Waals surface area (Å²) in [5.41, 5.74) is 8.05. The molecule has 0 bridgehead atoms. The minimum atomic E-state index is -0.281. The van der Waals surface area contributed by atoms with Crippen molar-refractivity contribution in [3.05, 3.63) is 45.4 Å². The fourth-order valence-corrected chi connectivity index (χ4v) is 4.79. The lowest BCUT2D eigenvalue weighted by molar-refractivity contribution is -0.122. The number of aryl methyl sites for hydroxylation is 1. The molecule has 150 valence electrons. The number of nitrogens with one attached hydrogen (secondary N) is 1. The third kappa shape index (κ3) is 4.77. The lowest BCUT2D eigenvalue weighted by Crippen LogP contribution is -2.39. The molecule has 3 N–H and O–H groups in total. The Morgan fingerprint density at radius 2 is 2.11 bits per heavy atom. The van der Waals surface area contributed by atoms with E-state index >= 15 is 0 Å². The predicted molar refractivity (Wildman–Crippen MR) is 112 cm³/mol. The Morgan fingerprint density at radius 3 is 2.82 bits per heavy atom. The fraction of sp³-hybridized carbons (Fsp3) is 0.476. The number of carbonyl (C=O) groups excluding carboxylic acids is 2. The number of anilines is 1. The normalized spacial score (nSPS) is 17.2. The van der Waals surface area contributed by atoms with Gasteiger partial charge < -0.3 is 11.1 Å². The minimum Gasteiger partial charge on any atom is -0.368 e. The lowest BCUT2D eigenvalue weighted by Gasteiger charge is -2.23. The van der Waals surface area contributed by atoms with Crippen molar-refractivity contribution in [3.8, 4) is 0 Å². The topological polar surface area (TPSA) is 88.3 Å². The van der Waals surface area contributed by atoms with Crippen LogP contribution in [0.1, 0.15) is 52.6 Å². The molecule has 1 aliphatic rings. The van der Waals surface area contributed by atoms with Gasteiger partial charge in [0.25, 0.3) is 5.91 Å². The summed E-state index contributed by atoms with van der Waals surface area (Å²) in [6, 6.07) is 7.49. The van der Waals surface area contributed by atoms with Gasteiger partial charge in [0, 0.05) is 18.7 Å². The van der Waals surface area contributed by atoms with Gasteiger partial charge in [-0.15, -0.1) is 11.3 Å². The molecule has 0 aliphatic carbocycles. The van der Waals surface area contributed by atoms with Crippen molar-refractivity contribution < 1.29 is 9.59 Å². The predicted octanol–water partition coefficient (Wildman–Crippen LogP) is 3.35. The molecule has 2 aromatic rings. The summed E-state index contributed by atoms with van der Waals surface area (Å²) in [6.45, 7) is 7.59. The number of nitrogens with two attached hydrogens (primary N) is 1. The van der Waals surface area contributed by atoms with Gasteiger partial charge in [-0.1, -0.05) is 32.0 Å². The highest BCUT2D eigenvalue weighted by molar-refractivity contribution is 7.13. The molecule has 1 unspecified atom stereocenters. The Labute approximate surface area is 170 Å². The van der Waals surface area contributed by atoms with Crippen LogP contribution in [0.15, 0.2) is 24.3 Å². The standard InChI is InChI=1S/C21H28N4O2S/c1-13(2)11-18-23-14(3)19(28-18)21(27)24-16-8-5-4-7-15(16)12-25-10-6-9-17(25)20(22)26/h4-5,7-8,13,17H,6,9-12H2,1-3H3,(H2,22,26)(H,24,27). The number of aromatic nitrogens is 1. The Balaban J connectivity index is 1.75. The van der Waals surface area contributed by atoms with Crippen molar-refractivity contribution in [1.82, 2.24) is 9.88 Å². The van der Waals surface area contributed by atoms with E-state index in [4.69, 9.17) is 5.73 Å². The van der Waals surface area contributed by atoms with Gasteiger partial charge in [-0.2, -0.15) is 0 Å². The van der Waals surface area contributed by atoms with Gasteiger partial charge in [0.1, 0.15) is 4.88 Å². The largest absolute Gasteiger partial charge is 0.368 e. The average Bonchev–Trinajstić information content (AvgIpc) is 3.22. The number of rotatable bonds is 7. The maximum Gasteiger partial charge on any atom is 0.267 e. The first kappa shape index (κ1) is 20.5. The third-order valence-corrected chi connectivity index (χ3v) is 6.14. The highest BCUT2D eigenvalue weighted by Crippen LogP contribution is 2.26. The highest BCUT2D eigenvalue weighted by atomic mass is 32.1. The molecule has 7 heteroatoms. The molecule has 1 aromatic heterocycles. The molecular weight excluding hydrogens is 372 g/mol. The zero-order chi connectivity index (χ0) is 20.3. The van der Waals surface area contributed by atoms with E-state index in [1.165, 1.54) is 11.3 Å². The van der Waals surface area contributed by atoms with Crippen molar-refractivity contribution in [1.29, 1.82) is 0 Å². The van der Waals surface area contributed by atoms with Crippen LogP contribution < -0.4 is 11.1 Å². The lowest BCUT2D eigenvalue weighted by atomic mass is 10.1. The summed E-state index contributed by atoms with van der Waals surface area (Å²) in [6.07, 6.45) is 2.63. The third-order valence-electron chi connectivity index (χ3n) is 4.96. The van der Waals surface area contributed by atoms with Crippen LogP contribution in [-0.4, -0.2) is 34.3 Å². The molecule has 0 saturated carbocycles. The second-order valence-electron chi connectivity index (χ2n) is 7.76. The number of amides is 2. The van der Waals surface area contributed by atoms with Crippen LogP contribution in [0, 0.1) is 12.8 Å². The SMILES string of the molecule is Cc1nc(CC(C)C)sc1C(=O)Nc1ccccc1CN1CCCC1C(N)=O. The van der Waals surface area contributed by atoms with Crippen LogP contribution in [0.3, 0.4) is 0 Å². The van der Waals surface area contributed by atoms with Gasteiger partial charge in [0.2, 0.25) is 5.91 Å². The van der Waals surface area contributed by atoms with Crippen LogP contribution >= 0.6 is 11.3 Å². The molecule has 3 rings (SSSR count). The molecule has 1 aromatic carbocycles. The second kappa shape index (κ2) is 8.84. The van der Waals surface area contributed by atoms with E-state index < -0.39 is 0 Å². The maximum absolute atomic E-state index is 12.9. The molecule has 1 aliphatic heterocycles. The number of nitrogens with zero attached hydrogens (tertiary/aromatic N) is 2. The molecule has 1 atom stereocenters. The van der Waals surface area contributed by atoms with E-state index in [0.717, 1.165) is 47.8 Å². The Kier molecular flexibility index (Phi) is 6.46. The number of carbonyl (C=O) groups is 2. The van der Waals surface area contributed by atoms with Crippen LogP contribution in [-0.2, 0) is 17.8 Å². The van der Waals surface area contributed by atoms with Crippen molar-refractivity contribution in [3.63, 3.8) is 0 Å². The van der Waals surface area contributed by atoms with E-state index in [0.29, 0.717) is 17.3 Å². The zero-order valence-corrected chi connectivity index (χ0v) is 17.5. The van der Waals surface area contributed by atoms with Crippen molar-refractivity contribution in [2.75, 3.05) is 11.9 Å². The summed E-state index contributed by atoms with van der Waals surface area (Å²) in [7, 11) is 0. The summed E-state index contributed by atoms with van der Waals surface area (Å²) in [5.74, 6) is 0.0863. The van der Waals surface area contributed by atoms with Gasteiger partial charge in [-0.05, 0) is 43.9 Å². The van der Waals surface area contributed by atoms with Crippen LogP contribution in [0.5, 0.6) is 0 Å². The molecule has 2 heterocycles. The molecule has 0 spiro atoms. The molecule has 28 heavy (non-hydrogen) atoms. The van der Waals surface area contributed by atoms with Crippen LogP contribution in [0.4, 0.5) is 5.69 Å². The molecule has 2 amide bonds. The molecule has 0 radical (unpaired) electrons. The van der Waals surface area contributed by atoms with E-state index in [-0.39, 0.29) is 17.9 Å². The van der Waals surface area contributed by atoms with E-state index in [2.05, 4.69) is 29.0 Å². The van der Waals surface area contributed by atoms with Gasteiger partial charge in [0.15, 0.2) is 0 Å². The summed E-state index contributed by atoms with van der Waals surface area (Å²) < 4.78 is 0. The fourth-order valence-electron chi connectivity index (χ4n) is 3.62. The molecule has 1 fully saturated rings. The number of para-hydroxylation sites is 1. The van der Waals surface area contributed by atoms with Crippen LogP contribution in [0.25, 0.3) is 0 Å². The number of hydrogen-bond donors (Lipinski definition) is 2. The minimum absolute atomic E-state index is 0.134. The summed E-state index contributed by atoms with van der Waals surface area (Å²) in [4.78, 5) is 31.8. The van der Waals surface area contributed by atoms with E-state index in [1.54, 1.807) is 0 Å². The number of primary amides is 1. The van der Waals surface area contributed by atoms with Crippen molar-refractivity contribution in [2.24, 2.45) is 11.7 Å². The summed E-state index contributed by atoms with van der Waals surface area (Å²) in [5, 5.41) is 4.03. The number of hydrogen-bond acceptors (Lipinski definition) is 5. The number of thiazole rings is 1. The first-order valence-corrected chi connectivity index (χ1v) is 10.6. The van der Waals surface area contributed by atoms with Gasteiger partial charge in [0.05, 0.1) is 16.7 Å². The molecule has 6 nitrogen and oxygen atoms in total. The smallest absolute Gasteiger partial charge is 0.267 e. The number of likely N-dealkylation sites (tertiary alicyclic amines) is 1. The van der Waals surface area contributed by atoms with Gasteiger partial charge in [-0.3, -0.25) is 14.5 Å². The average molecular weight is 401 g/mol. The van der Waals surface area contributed by atoms with Crippen LogP contribution in [0.2, 0.25) is 0 Å².